The Morgan fingerprint density at radius 2 is 1.87 bits per heavy atom. The minimum atomic E-state index is -0.200. The van der Waals surface area contributed by atoms with Gasteiger partial charge in [-0.15, -0.1) is 11.3 Å². The van der Waals surface area contributed by atoms with Gasteiger partial charge in [0.25, 0.3) is 11.5 Å². The molecule has 0 aliphatic heterocycles. The number of fused-ring (bicyclic) bond motifs is 1. The number of thiophene rings is 1. The highest BCUT2D eigenvalue weighted by Crippen LogP contribution is 2.23. The summed E-state index contributed by atoms with van der Waals surface area (Å²) in [5.74, 6) is -0.200. The molecule has 2 heterocycles. The predicted octanol–water partition coefficient (Wildman–Crippen LogP) is 5.70. The number of halogens is 1. The third-order valence-electron chi connectivity index (χ3n) is 5.05. The monoisotopic (exact) mass is 436 g/mol. The summed E-state index contributed by atoms with van der Waals surface area (Å²) in [6.45, 7) is 4.61. The quantitative estimate of drug-likeness (QED) is 0.436. The van der Waals surface area contributed by atoms with Crippen LogP contribution in [0.3, 0.4) is 0 Å². The van der Waals surface area contributed by atoms with E-state index in [-0.39, 0.29) is 18.0 Å². The molecule has 6 heteroatoms. The number of hydrogen-bond donors (Lipinski definition) is 1. The van der Waals surface area contributed by atoms with Crippen molar-refractivity contribution in [1.29, 1.82) is 0 Å². The Hall–Kier alpha value is -2.89. The van der Waals surface area contributed by atoms with Crippen molar-refractivity contribution in [3.63, 3.8) is 0 Å². The Morgan fingerprint density at radius 3 is 2.60 bits per heavy atom. The lowest BCUT2D eigenvalue weighted by atomic mass is 10.0. The molecule has 30 heavy (non-hydrogen) atoms. The molecule has 0 aliphatic carbocycles. The van der Waals surface area contributed by atoms with Crippen LogP contribution in [-0.2, 0) is 13.1 Å². The Bertz CT molecular complexity index is 1280. The zero-order valence-corrected chi connectivity index (χ0v) is 18.3. The van der Waals surface area contributed by atoms with Crippen LogP contribution in [0.2, 0.25) is 5.02 Å². The summed E-state index contributed by atoms with van der Waals surface area (Å²) >= 11 is 7.86. The number of aromatic nitrogens is 1. The maximum Gasteiger partial charge on any atom is 0.255 e. The first-order valence-electron chi connectivity index (χ1n) is 9.61. The number of nitrogens with one attached hydrogen (secondary N) is 1. The molecule has 152 valence electrons. The molecule has 0 unspecified atom stereocenters. The molecule has 1 amide bonds. The fraction of sp³-hybridized carbons (Fsp3) is 0.167. The van der Waals surface area contributed by atoms with Crippen LogP contribution in [0.1, 0.15) is 31.9 Å². The molecule has 0 radical (unpaired) electrons. The van der Waals surface area contributed by atoms with Crippen LogP contribution < -0.4 is 5.56 Å². The van der Waals surface area contributed by atoms with Gasteiger partial charge in [0.1, 0.15) is 0 Å². The summed E-state index contributed by atoms with van der Waals surface area (Å²) in [5, 5.41) is 3.34. The first-order valence-corrected chi connectivity index (χ1v) is 10.9. The second-order valence-corrected chi connectivity index (χ2v) is 8.83. The maximum absolute atomic E-state index is 13.3. The van der Waals surface area contributed by atoms with Crippen molar-refractivity contribution in [2.45, 2.75) is 26.9 Å². The largest absolute Gasteiger partial charge is 0.329 e. The van der Waals surface area contributed by atoms with Crippen LogP contribution in [0.4, 0.5) is 0 Å². The van der Waals surface area contributed by atoms with E-state index in [1.807, 2.05) is 49.6 Å². The lowest BCUT2D eigenvalue weighted by Crippen LogP contribution is -2.32. The summed E-state index contributed by atoms with van der Waals surface area (Å²) in [6, 6.07) is 16.9. The molecule has 0 fully saturated rings. The second kappa shape index (κ2) is 8.46. The summed E-state index contributed by atoms with van der Waals surface area (Å²) in [5.41, 5.74) is 3.77. The zero-order chi connectivity index (χ0) is 21.3. The van der Waals surface area contributed by atoms with Gasteiger partial charge in [0.15, 0.2) is 0 Å². The smallest absolute Gasteiger partial charge is 0.255 e. The highest BCUT2D eigenvalue weighted by molar-refractivity contribution is 7.09. The van der Waals surface area contributed by atoms with Crippen molar-refractivity contribution < 1.29 is 4.79 Å². The molecule has 0 bridgehead atoms. The number of amides is 1. The van der Waals surface area contributed by atoms with E-state index in [1.54, 1.807) is 40.5 Å². The summed E-state index contributed by atoms with van der Waals surface area (Å²) in [4.78, 5) is 31.8. The Kier molecular flexibility index (Phi) is 5.75. The lowest BCUT2D eigenvalue weighted by Gasteiger charge is -2.23. The molecule has 0 aliphatic rings. The van der Waals surface area contributed by atoms with E-state index in [1.165, 1.54) is 0 Å². The van der Waals surface area contributed by atoms with Crippen LogP contribution >= 0.6 is 22.9 Å². The van der Waals surface area contributed by atoms with Gasteiger partial charge in [0.05, 0.1) is 29.2 Å². The van der Waals surface area contributed by atoms with E-state index in [0.29, 0.717) is 22.7 Å². The first kappa shape index (κ1) is 20.4. The normalized spacial score (nSPS) is 11.0. The zero-order valence-electron chi connectivity index (χ0n) is 16.7. The molecule has 4 aromatic rings. The SMILES string of the molecule is Cc1cc(C)c2[nH]c(=O)c(CN(Cc3cccs3)C(=O)c3ccccc3Cl)cc2c1. The van der Waals surface area contributed by atoms with E-state index in [4.69, 9.17) is 11.6 Å². The number of pyridine rings is 1. The molecule has 0 atom stereocenters. The number of carbonyl (C=O) groups is 1. The molecule has 1 N–H and O–H groups in total. The Morgan fingerprint density at radius 1 is 1.07 bits per heavy atom. The van der Waals surface area contributed by atoms with Crippen molar-refractivity contribution in [1.82, 2.24) is 9.88 Å². The van der Waals surface area contributed by atoms with Crippen LogP contribution in [0, 0.1) is 13.8 Å². The molecule has 0 spiro atoms. The van der Waals surface area contributed by atoms with Gasteiger partial charge in [-0.3, -0.25) is 9.59 Å². The number of aryl methyl sites for hydroxylation is 2. The van der Waals surface area contributed by atoms with Gasteiger partial charge in [-0.25, -0.2) is 0 Å². The number of aromatic amines is 1. The van der Waals surface area contributed by atoms with Crippen molar-refractivity contribution in [2.24, 2.45) is 0 Å². The average Bonchev–Trinajstić information content (AvgIpc) is 3.22. The van der Waals surface area contributed by atoms with Gasteiger partial charge in [0.2, 0.25) is 0 Å². The Labute approximate surface area is 183 Å². The average molecular weight is 437 g/mol. The third kappa shape index (κ3) is 4.18. The van der Waals surface area contributed by atoms with Crippen LogP contribution in [-0.4, -0.2) is 15.8 Å². The molecule has 2 aromatic heterocycles. The second-order valence-electron chi connectivity index (χ2n) is 7.39. The predicted molar refractivity (Wildman–Crippen MR) is 123 cm³/mol. The first-order chi connectivity index (χ1) is 14.4. The van der Waals surface area contributed by atoms with E-state index in [2.05, 4.69) is 4.98 Å². The van der Waals surface area contributed by atoms with E-state index < -0.39 is 0 Å². The molecule has 4 rings (SSSR count). The summed E-state index contributed by atoms with van der Waals surface area (Å²) < 4.78 is 0. The fourth-order valence-electron chi connectivity index (χ4n) is 3.65. The van der Waals surface area contributed by atoms with Gasteiger partial charge in [-0.05, 0) is 60.5 Å². The summed E-state index contributed by atoms with van der Waals surface area (Å²) in [6.07, 6.45) is 0. The minimum absolute atomic E-state index is 0.183. The van der Waals surface area contributed by atoms with Gasteiger partial charge in [0, 0.05) is 10.4 Å². The topological polar surface area (TPSA) is 53.2 Å². The number of nitrogens with zero attached hydrogens (tertiary/aromatic N) is 1. The number of hydrogen-bond acceptors (Lipinski definition) is 3. The molecular formula is C24H21ClN2O2S. The molecule has 4 nitrogen and oxygen atoms in total. The van der Waals surface area contributed by atoms with Crippen LogP contribution in [0.5, 0.6) is 0 Å². The van der Waals surface area contributed by atoms with Crippen LogP contribution in [0.15, 0.2) is 64.8 Å². The third-order valence-corrected chi connectivity index (χ3v) is 6.24. The van der Waals surface area contributed by atoms with Gasteiger partial charge >= 0.3 is 0 Å². The minimum Gasteiger partial charge on any atom is -0.329 e. The number of rotatable bonds is 5. The van der Waals surface area contributed by atoms with Crippen molar-refractivity contribution in [2.75, 3.05) is 0 Å². The van der Waals surface area contributed by atoms with E-state index in [9.17, 15) is 9.59 Å². The summed E-state index contributed by atoms with van der Waals surface area (Å²) in [7, 11) is 0. The molecule has 0 saturated heterocycles. The van der Waals surface area contributed by atoms with Gasteiger partial charge in [-0.2, -0.15) is 0 Å². The molecular weight excluding hydrogens is 416 g/mol. The van der Waals surface area contributed by atoms with Crippen LogP contribution in [0.25, 0.3) is 10.9 Å². The molecule has 2 aromatic carbocycles. The fourth-order valence-corrected chi connectivity index (χ4v) is 4.59. The van der Waals surface area contributed by atoms with Crippen molar-refractivity contribution >= 4 is 39.7 Å². The standard InChI is InChI=1S/C24H21ClN2O2S/c1-15-10-16(2)22-17(11-15)12-18(23(28)26-22)13-27(14-19-6-5-9-30-19)24(29)20-7-3-4-8-21(20)25/h3-12H,13-14H2,1-2H3,(H,26,28). The number of H-pyrrole nitrogens is 1. The van der Waals surface area contributed by atoms with E-state index >= 15 is 0 Å². The van der Waals surface area contributed by atoms with E-state index in [0.717, 1.165) is 26.9 Å². The van der Waals surface area contributed by atoms with Gasteiger partial charge in [-0.1, -0.05) is 41.4 Å². The highest BCUT2D eigenvalue weighted by Gasteiger charge is 2.21. The maximum atomic E-state index is 13.3. The Balaban J connectivity index is 1.75. The molecule has 0 saturated carbocycles. The van der Waals surface area contributed by atoms with Crippen molar-refractivity contribution in [3.05, 3.63) is 102 Å². The number of benzene rings is 2. The lowest BCUT2D eigenvalue weighted by molar-refractivity contribution is 0.0731. The van der Waals surface area contributed by atoms with Gasteiger partial charge < -0.3 is 9.88 Å². The number of carbonyl (C=O) groups excluding carboxylic acids is 1. The van der Waals surface area contributed by atoms with Crippen molar-refractivity contribution in [3.8, 4) is 0 Å². The highest BCUT2D eigenvalue weighted by atomic mass is 35.5.